The fourth-order valence-corrected chi connectivity index (χ4v) is 3.77. The van der Waals surface area contributed by atoms with Crippen molar-refractivity contribution in [2.75, 3.05) is 13.1 Å². The summed E-state index contributed by atoms with van der Waals surface area (Å²) in [7, 11) is 0. The molecule has 3 unspecified atom stereocenters. The summed E-state index contributed by atoms with van der Waals surface area (Å²) in [4.78, 5) is 2.48. The number of hydrogen-bond acceptors (Lipinski definition) is 3. The molecular formula is C15H29NO2. The quantitative estimate of drug-likeness (QED) is 0.840. The Bertz CT molecular complexity index is 249. The first-order valence-corrected chi connectivity index (χ1v) is 7.67. The molecule has 0 bridgehead atoms. The standard InChI is InChI=1S/C15H29NO2/c1-4-5-13-6-7-15(17)14(8-13)16-9-11(2)18-12(3)10-16/h11-15,17H,4-10H2,1-3H3/t11-,12+,13?,14?,15?. The zero-order valence-corrected chi connectivity index (χ0v) is 12.1. The molecule has 0 aromatic rings. The van der Waals surface area contributed by atoms with Crippen LogP contribution < -0.4 is 0 Å². The van der Waals surface area contributed by atoms with Gasteiger partial charge in [0.15, 0.2) is 0 Å². The Balaban J connectivity index is 1.96. The van der Waals surface area contributed by atoms with Gasteiger partial charge in [-0.2, -0.15) is 0 Å². The van der Waals surface area contributed by atoms with Crippen LogP contribution in [0.5, 0.6) is 0 Å². The van der Waals surface area contributed by atoms with Crippen LogP contribution in [0.3, 0.4) is 0 Å². The largest absolute Gasteiger partial charge is 0.391 e. The Morgan fingerprint density at radius 2 is 1.83 bits per heavy atom. The van der Waals surface area contributed by atoms with Gasteiger partial charge in [-0.1, -0.05) is 19.8 Å². The molecule has 1 saturated heterocycles. The zero-order valence-electron chi connectivity index (χ0n) is 12.1. The minimum absolute atomic E-state index is 0.129. The van der Waals surface area contributed by atoms with E-state index in [1.54, 1.807) is 0 Å². The summed E-state index contributed by atoms with van der Waals surface area (Å²) in [6.45, 7) is 8.50. The number of aliphatic hydroxyl groups excluding tert-OH is 1. The van der Waals surface area contributed by atoms with E-state index < -0.39 is 0 Å². The zero-order chi connectivity index (χ0) is 13.1. The Kier molecular flexibility index (Phi) is 5.05. The Labute approximate surface area is 112 Å². The maximum atomic E-state index is 10.3. The molecule has 0 aromatic carbocycles. The van der Waals surface area contributed by atoms with E-state index in [2.05, 4.69) is 25.7 Å². The molecule has 1 saturated carbocycles. The molecule has 18 heavy (non-hydrogen) atoms. The number of rotatable bonds is 3. The van der Waals surface area contributed by atoms with Gasteiger partial charge in [-0.15, -0.1) is 0 Å². The van der Waals surface area contributed by atoms with E-state index >= 15 is 0 Å². The first-order valence-electron chi connectivity index (χ1n) is 7.67. The predicted octanol–water partition coefficient (Wildman–Crippen LogP) is 2.43. The maximum absolute atomic E-state index is 10.3. The minimum atomic E-state index is -0.129. The van der Waals surface area contributed by atoms with Crippen LogP contribution in [0.25, 0.3) is 0 Å². The van der Waals surface area contributed by atoms with E-state index in [1.807, 2.05) is 0 Å². The summed E-state index contributed by atoms with van der Waals surface area (Å²) < 4.78 is 5.79. The molecule has 0 aromatic heterocycles. The molecule has 5 atom stereocenters. The summed E-state index contributed by atoms with van der Waals surface area (Å²) in [6, 6.07) is 0.365. The van der Waals surface area contributed by atoms with E-state index in [0.29, 0.717) is 18.2 Å². The third-order valence-corrected chi connectivity index (χ3v) is 4.50. The lowest BCUT2D eigenvalue weighted by Crippen LogP contribution is -2.55. The van der Waals surface area contributed by atoms with Crippen LogP contribution >= 0.6 is 0 Å². The minimum Gasteiger partial charge on any atom is -0.391 e. The van der Waals surface area contributed by atoms with Crippen LogP contribution in [0.4, 0.5) is 0 Å². The van der Waals surface area contributed by atoms with Crippen LogP contribution in [0, 0.1) is 5.92 Å². The monoisotopic (exact) mass is 255 g/mol. The molecule has 0 spiro atoms. The molecule has 2 fully saturated rings. The van der Waals surface area contributed by atoms with Crippen LogP contribution in [-0.4, -0.2) is 47.4 Å². The first-order chi connectivity index (χ1) is 8.60. The van der Waals surface area contributed by atoms with Gasteiger partial charge in [-0.3, -0.25) is 4.90 Å². The molecule has 3 heteroatoms. The normalized spacial score (nSPS) is 43.0. The van der Waals surface area contributed by atoms with Crippen molar-refractivity contribution in [1.29, 1.82) is 0 Å². The highest BCUT2D eigenvalue weighted by atomic mass is 16.5. The molecule has 106 valence electrons. The molecule has 2 aliphatic rings. The van der Waals surface area contributed by atoms with Gasteiger partial charge in [0.1, 0.15) is 0 Å². The van der Waals surface area contributed by atoms with E-state index in [0.717, 1.165) is 25.4 Å². The molecule has 0 amide bonds. The second kappa shape index (κ2) is 6.36. The topological polar surface area (TPSA) is 32.7 Å². The Morgan fingerprint density at radius 1 is 1.17 bits per heavy atom. The maximum Gasteiger partial charge on any atom is 0.0695 e. The van der Waals surface area contributed by atoms with E-state index in [4.69, 9.17) is 4.74 Å². The summed E-state index contributed by atoms with van der Waals surface area (Å²) in [5.74, 6) is 0.817. The van der Waals surface area contributed by atoms with E-state index in [-0.39, 0.29) is 6.10 Å². The summed E-state index contributed by atoms with van der Waals surface area (Å²) >= 11 is 0. The molecule has 1 N–H and O–H groups in total. The van der Waals surface area contributed by atoms with Crippen LogP contribution in [0.2, 0.25) is 0 Å². The van der Waals surface area contributed by atoms with Crippen molar-refractivity contribution in [1.82, 2.24) is 4.90 Å². The predicted molar refractivity (Wildman–Crippen MR) is 73.6 cm³/mol. The average molecular weight is 255 g/mol. The number of aliphatic hydroxyl groups is 1. The summed E-state index contributed by atoms with van der Waals surface area (Å²) in [6.07, 6.45) is 6.42. The van der Waals surface area contributed by atoms with Crippen molar-refractivity contribution >= 4 is 0 Å². The number of morpholine rings is 1. The molecular weight excluding hydrogens is 226 g/mol. The molecule has 3 nitrogen and oxygen atoms in total. The number of hydrogen-bond donors (Lipinski definition) is 1. The van der Waals surface area contributed by atoms with Gasteiger partial charge in [-0.05, 0) is 39.0 Å². The van der Waals surface area contributed by atoms with Gasteiger partial charge in [0.05, 0.1) is 18.3 Å². The number of nitrogens with zero attached hydrogens (tertiary/aromatic N) is 1. The van der Waals surface area contributed by atoms with Crippen molar-refractivity contribution in [3.8, 4) is 0 Å². The van der Waals surface area contributed by atoms with Gasteiger partial charge >= 0.3 is 0 Å². The first kappa shape index (κ1) is 14.3. The second-order valence-corrected chi connectivity index (χ2v) is 6.31. The highest BCUT2D eigenvalue weighted by Crippen LogP contribution is 2.32. The Morgan fingerprint density at radius 3 is 2.44 bits per heavy atom. The van der Waals surface area contributed by atoms with Gasteiger partial charge in [0.2, 0.25) is 0 Å². The lowest BCUT2D eigenvalue weighted by molar-refractivity contribution is -0.106. The van der Waals surface area contributed by atoms with Gasteiger partial charge < -0.3 is 9.84 Å². The lowest BCUT2D eigenvalue weighted by atomic mass is 9.80. The van der Waals surface area contributed by atoms with Crippen molar-refractivity contribution < 1.29 is 9.84 Å². The van der Waals surface area contributed by atoms with Gasteiger partial charge in [-0.25, -0.2) is 0 Å². The third kappa shape index (κ3) is 3.46. The van der Waals surface area contributed by atoms with Crippen LogP contribution in [0.15, 0.2) is 0 Å². The summed E-state index contributed by atoms with van der Waals surface area (Å²) in [5, 5.41) is 10.3. The van der Waals surface area contributed by atoms with Gasteiger partial charge in [0, 0.05) is 19.1 Å². The highest BCUT2D eigenvalue weighted by Gasteiger charge is 2.36. The van der Waals surface area contributed by atoms with E-state index in [9.17, 15) is 5.11 Å². The SMILES string of the molecule is CCCC1CCC(O)C(N2C[C@@H](C)O[C@@H](C)C2)C1. The molecule has 0 radical (unpaired) electrons. The Hall–Kier alpha value is -0.120. The van der Waals surface area contributed by atoms with Crippen molar-refractivity contribution in [3.63, 3.8) is 0 Å². The molecule has 1 aliphatic heterocycles. The van der Waals surface area contributed by atoms with Gasteiger partial charge in [0.25, 0.3) is 0 Å². The highest BCUT2D eigenvalue weighted by molar-refractivity contribution is 4.89. The average Bonchev–Trinajstić information content (AvgIpc) is 2.30. The fourth-order valence-electron chi connectivity index (χ4n) is 3.77. The van der Waals surface area contributed by atoms with E-state index in [1.165, 1.54) is 25.7 Å². The van der Waals surface area contributed by atoms with Crippen molar-refractivity contribution in [2.45, 2.75) is 77.2 Å². The fraction of sp³-hybridized carbons (Fsp3) is 1.00. The molecule has 1 heterocycles. The van der Waals surface area contributed by atoms with Crippen LogP contribution in [-0.2, 0) is 4.74 Å². The lowest BCUT2D eigenvalue weighted by Gasteiger charge is -2.45. The molecule has 2 rings (SSSR count). The van der Waals surface area contributed by atoms with Crippen LogP contribution in [0.1, 0.15) is 52.9 Å². The number of ether oxygens (including phenoxy) is 1. The smallest absolute Gasteiger partial charge is 0.0695 e. The summed E-state index contributed by atoms with van der Waals surface area (Å²) in [5.41, 5.74) is 0. The second-order valence-electron chi connectivity index (χ2n) is 6.31. The van der Waals surface area contributed by atoms with Crippen molar-refractivity contribution in [2.24, 2.45) is 5.92 Å². The van der Waals surface area contributed by atoms with Crippen molar-refractivity contribution in [3.05, 3.63) is 0 Å². The third-order valence-electron chi connectivity index (χ3n) is 4.50. The molecule has 1 aliphatic carbocycles.